The van der Waals surface area contributed by atoms with Gasteiger partial charge in [-0.05, 0) is 56.0 Å². The molecule has 0 atom stereocenters. The number of rotatable bonds is 0. The summed E-state index contributed by atoms with van der Waals surface area (Å²) in [4.78, 5) is 0. The normalized spacial score (nSPS) is 9.56. The third-order valence-corrected chi connectivity index (χ3v) is 3.02. The lowest BCUT2D eigenvalue weighted by Gasteiger charge is -1.99. The molecule has 0 amide bonds. The molecule has 2 heteroatoms. The largest absolute Gasteiger partial charge is 0.508 e. The standard InChI is InChI=1S/2C8H10O/c1-6-4-3-5-8(9)7(6)2;1-6-4-3-5-7(2)8(6)9/h2*3-5,9H,1-2H3. The quantitative estimate of drug-likeness (QED) is 0.735. The van der Waals surface area contributed by atoms with E-state index in [0.29, 0.717) is 11.5 Å². The number of hydrogen-bond donors (Lipinski definition) is 2. The Balaban J connectivity index is 0.000000180. The molecular weight excluding hydrogens is 224 g/mol. The maximum Gasteiger partial charge on any atom is 0.121 e. The first kappa shape index (κ1) is 14.1. The van der Waals surface area contributed by atoms with E-state index in [1.54, 1.807) is 6.07 Å². The van der Waals surface area contributed by atoms with Gasteiger partial charge in [-0.15, -0.1) is 0 Å². The molecule has 0 saturated heterocycles. The number of hydrogen-bond acceptors (Lipinski definition) is 2. The van der Waals surface area contributed by atoms with Gasteiger partial charge >= 0.3 is 0 Å². The first-order valence-electron chi connectivity index (χ1n) is 5.94. The van der Waals surface area contributed by atoms with E-state index in [4.69, 9.17) is 5.11 Å². The molecule has 0 aliphatic carbocycles. The van der Waals surface area contributed by atoms with E-state index in [2.05, 4.69) is 0 Å². The van der Waals surface area contributed by atoms with Crippen LogP contribution in [0.3, 0.4) is 0 Å². The predicted octanol–water partition coefficient (Wildman–Crippen LogP) is 4.02. The average Bonchev–Trinajstić information content (AvgIpc) is 2.34. The summed E-state index contributed by atoms with van der Waals surface area (Å²) in [6.07, 6.45) is 0. The number of phenols is 2. The second kappa shape index (κ2) is 6.10. The zero-order valence-electron chi connectivity index (χ0n) is 11.4. The highest BCUT2D eigenvalue weighted by Gasteiger charge is 1.95. The maximum absolute atomic E-state index is 9.21. The van der Waals surface area contributed by atoms with Gasteiger partial charge in [-0.3, -0.25) is 0 Å². The average molecular weight is 244 g/mol. The summed E-state index contributed by atoms with van der Waals surface area (Å²) in [5.74, 6) is 0.799. The Hall–Kier alpha value is -1.96. The van der Waals surface area contributed by atoms with Crippen molar-refractivity contribution in [1.29, 1.82) is 0 Å². The Kier molecular flexibility index (Phi) is 4.78. The summed E-state index contributed by atoms with van der Waals surface area (Å²) in [7, 11) is 0. The third-order valence-electron chi connectivity index (χ3n) is 3.02. The Morgan fingerprint density at radius 3 is 1.50 bits per heavy atom. The van der Waals surface area contributed by atoms with Crippen molar-refractivity contribution in [2.45, 2.75) is 27.7 Å². The zero-order valence-corrected chi connectivity index (χ0v) is 11.4. The summed E-state index contributed by atoms with van der Waals surface area (Å²) < 4.78 is 0. The number of aryl methyl sites for hydroxylation is 3. The number of benzene rings is 2. The minimum atomic E-state index is 0.384. The molecule has 2 N–H and O–H groups in total. The van der Waals surface area contributed by atoms with Crippen molar-refractivity contribution >= 4 is 0 Å². The van der Waals surface area contributed by atoms with Crippen LogP contribution in [-0.4, -0.2) is 10.2 Å². The third kappa shape index (κ3) is 3.52. The lowest BCUT2D eigenvalue weighted by molar-refractivity contribution is 0.467. The highest BCUT2D eigenvalue weighted by molar-refractivity contribution is 5.38. The van der Waals surface area contributed by atoms with Gasteiger partial charge in [0.25, 0.3) is 0 Å². The fraction of sp³-hybridized carbons (Fsp3) is 0.250. The number of aromatic hydroxyl groups is 2. The molecule has 0 heterocycles. The van der Waals surface area contributed by atoms with Crippen LogP contribution in [0.4, 0.5) is 0 Å². The molecular formula is C16H20O2. The monoisotopic (exact) mass is 244 g/mol. The SMILES string of the molecule is Cc1cccc(C)c1O.Cc1cccc(O)c1C. The van der Waals surface area contributed by atoms with Gasteiger partial charge in [0.1, 0.15) is 11.5 Å². The van der Waals surface area contributed by atoms with Crippen molar-refractivity contribution in [3.8, 4) is 11.5 Å². The van der Waals surface area contributed by atoms with Crippen LogP contribution in [0.25, 0.3) is 0 Å². The van der Waals surface area contributed by atoms with Gasteiger partial charge in [0.2, 0.25) is 0 Å². The van der Waals surface area contributed by atoms with Gasteiger partial charge in [0.15, 0.2) is 0 Å². The molecule has 0 bridgehead atoms. The van der Waals surface area contributed by atoms with E-state index >= 15 is 0 Å². The second-order valence-corrected chi connectivity index (χ2v) is 4.46. The highest BCUT2D eigenvalue weighted by Crippen LogP contribution is 2.19. The van der Waals surface area contributed by atoms with Gasteiger partial charge < -0.3 is 10.2 Å². The first-order valence-corrected chi connectivity index (χ1v) is 5.94. The Morgan fingerprint density at radius 1 is 0.667 bits per heavy atom. The molecule has 0 radical (unpaired) electrons. The van der Waals surface area contributed by atoms with Crippen LogP contribution in [0.2, 0.25) is 0 Å². The van der Waals surface area contributed by atoms with Crippen LogP contribution in [0, 0.1) is 27.7 Å². The molecule has 0 aromatic heterocycles. The molecule has 0 aliphatic rings. The minimum absolute atomic E-state index is 0.384. The summed E-state index contributed by atoms with van der Waals surface area (Å²) >= 11 is 0. The lowest BCUT2D eigenvalue weighted by Crippen LogP contribution is -1.78. The van der Waals surface area contributed by atoms with Gasteiger partial charge in [-0.2, -0.15) is 0 Å². The smallest absolute Gasteiger partial charge is 0.121 e. The Labute approximate surface area is 109 Å². The molecule has 2 aromatic carbocycles. The van der Waals surface area contributed by atoms with E-state index in [-0.39, 0.29) is 0 Å². The van der Waals surface area contributed by atoms with E-state index < -0.39 is 0 Å². The van der Waals surface area contributed by atoms with Crippen molar-refractivity contribution in [1.82, 2.24) is 0 Å². The van der Waals surface area contributed by atoms with Crippen LogP contribution in [0.5, 0.6) is 11.5 Å². The van der Waals surface area contributed by atoms with Crippen LogP contribution in [0.1, 0.15) is 22.3 Å². The zero-order chi connectivity index (χ0) is 13.7. The first-order chi connectivity index (χ1) is 8.43. The summed E-state index contributed by atoms with van der Waals surface area (Å²) in [6, 6.07) is 11.2. The molecule has 0 unspecified atom stereocenters. The summed E-state index contributed by atoms with van der Waals surface area (Å²) in [5, 5.41) is 18.3. The topological polar surface area (TPSA) is 40.5 Å². The summed E-state index contributed by atoms with van der Waals surface area (Å²) in [5.41, 5.74) is 3.98. The van der Waals surface area contributed by atoms with Crippen LogP contribution in [-0.2, 0) is 0 Å². The van der Waals surface area contributed by atoms with Gasteiger partial charge in [-0.25, -0.2) is 0 Å². The molecule has 0 spiro atoms. The second-order valence-electron chi connectivity index (χ2n) is 4.46. The molecule has 0 saturated carbocycles. The van der Waals surface area contributed by atoms with Crippen LogP contribution in [0.15, 0.2) is 36.4 Å². The Morgan fingerprint density at radius 2 is 1.11 bits per heavy atom. The summed E-state index contributed by atoms with van der Waals surface area (Å²) in [6.45, 7) is 7.67. The van der Waals surface area contributed by atoms with Crippen molar-refractivity contribution in [2.24, 2.45) is 0 Å². The fourth-order valence-corrected chi connectivity index (χ4v) is 1.54. The molecule has 2 nitrogen and oxygen atoms in total. The van der Waals surface area contributed by atoms with Crippen molar-refractivity contribution < 1.29 is 10.2 Å². The van der Waals surface area contributed by atoms with Gasteiger partial charge in [0, 0.05) is 0 Å². The van der Waals surface area contributed by atoms with Crippen LogP contribution >= 0.6 is 0 Å². The minimum Gasteiger partial charge on any atom is -0.508 e. The predicted molar refractivity (Wildman–Crippen MR) is 75.2 cm³/mol. The maximum atomic E-state index is 9.21. The van der Waals surface area contributed by atoms with E-state index in [0.717, 1.165) is 22.3 Å². The fourth-order valence-electron chi connectivity index (χ4n) is 1.54. The van der Waals surface area contributed by atoms with Crippen molar-refractivity contribution in [3.63, 3.8) is 0 Å². The molecule has 2 aromatic rings. The van der Waals surface area contributed by atoms with E-state index in [1.807, 2.05) is 58.0 Å². The van der Waals surface area contributed by atoms with Gasteiger partial charge in [-0.1, -0.05) is 30.3 Å². The van der Waals surface area contributed by atoms with E-state index in [1.165, 1.54) is 0 Å². The van der Waals surface area contributed by atoms with Crippen molar-refractivity contribution in [2.75, 3.05) is 0 Å². The lowest BCUT2D eigenvalue weighted by atomic mass is 10.1. The number of para-hydroxylation sites is 1. The number of phenolic OH excluding ortho intramolecular Hbond substituents is 2. The molecule has 18 heavy (non-hydrogen) atoms. The van der Waals surface area contributed by atoms with Gasteiger partial charge in [0.05, 0.1) is 0 Å². The molecule has 0 aliphatic heterocycles. The van der Waals surface area contributed by atoms with E-state index in [9.17, 15) is 5.11 Å². The van der Waals surface area contributed by atoms with Crippen molar-refractivity contribution in [3.05, 3.63) is 58.7 Å². The van der Waals surface area contributed by atoms with Crippen LogP contribution < -0.4 is 0 Å². The highest BCUT2D eigenvalue weighted by atomic mass is 16.3. The molecule has 96 valence electrons. The molecule has 2 rings (SSSR count). The Bertz CT molecular complexity index is 441. The molecule has 0 fully saturated rings.